The summed E-state index contributed by atoms with van der Waals surface area (Å²) in [6.07, 6.45) is -2.38. The molecule has 1 aromatic rings. The zero-order valence-corrected chi connectivity index (χ0v) is 12.7. The van der Waals surface area contributed by atoms with Crippen molar-refractivity contribution in [2.24, 2.45) is 0 Å². The fraction of sp³-hybridized carbons (Fsp3) is 0.643. The Labute approximate surface area is 127 Å². The molecule has 0 saturated carbocycles. The van der Waals surface area contributed by atoms with E-state index in [0.29, 0.717) is 25.3 Å². The molecule has 8 heteroatoms. The average Bonchev–Trinajstić information content (AvgIpc) is 2.89. The molecule has 0 unspecified atom stereocenters. The highest BCUT2D eigenvalue weighted by atomic mass is 19.4. The van der Waals surface area contributed by atoms with Crippen molar-refractivity contribution in [2.75, 3.05) is 40.4 Å². The normalized spacial score (nSPS) is 11.9. The van der Waals surface area contributed by atoms with Crippen molar-refractivity contribution in [3.05, 3.63) is 24.2 Å². The molecule has 0 spiro atoms. The molecule has 0 N–H and O–H groups in total. The van der Waals surface area contributed by atoms with Gasteiger partial charge in [0, 0.05) is 20.3 Å². The largest absolute Gasteiger partial charge is 0.467 e. The highest BCUT2D eigenvalue weighted by molar-refractivity contribution is 5.78. The van der Waals surface area contributed by atoms with Gasteiger partial charge < -0.3 is 14.1 Å². The van der Waals surface area contributed by atoms with Crippen LogP contribution in [0, 0.1) is 0 Å². The number of hydrogen-bond acceptors (Lipinski definition) is 4. The van der Waals surface area contributed by atoms with Gasteiger partial charge in [-0.05, 0) is 25.6 Å². The van der Waals surface area contributed by atoms with Crippen LogP contribution in [0.1, 0.15) is 12.2 Å². The van der Waals surface area contributed by atoms with E-state index in [9.17, 15) is 18.0 Å². The van der Waals surface area contributed by atoms with Gasteiger partial charge in [0.1, 0.15) is 12.3 Å². The van der Waals surface area contributed by atoms with Gasteiger partial charge in [0.25, 0.3) is 0 Å². The van der Waals surface area contributed by atoms with Crippen LogP contribution < -0.4 is 0 Å². The van der Waals surface area contributed by atoms with Crippen LogP contribution >= 0.6 is 0 Å². The van der Waals surface area contributed by atoms with E-state index in [4.69, 9.17) is 9.15 Å². The Morgan fingerprint density at radius 3 is 2.68 bits per heavy atom. The van der Waals surface area contributed by atoms with Crippen LogP contribution in [0.15, 0.2) is 22.8 Å². The minimum atomic E-state index is -4.45. The number of carbonyl (C=O) groups excluding carboxylic acids is 1. The number of nitrogens with zero attached hydrogens (tertiary/aromatic N) is 2. The molecule has 0 radical (unpaired) electrons. The zero-order chi connectivity index (χ0) is 16.6. The second-order valence-corrected chi connectivity index (χ2v) is 5.03. The van der Waals surface area contributed by atoms with E-state index in [0.717, 1.165) is 4.90 Å². The first-order valence-electron chi connectivity index (χ1n) is 6.86. The Bertz CT molecular complexity index is 435. The Hall–Kier alpha value is -1.54. The minimum Gasteiger partial charge on any atom is -0.467 e. The number of hydrogen-bond donors (Lipinski definition) is 0. The van der Waals surface area contributed by atoms with Gasteiger partial charge in [-0.1, -0.05) is 0 Å². The molecule has 0 aliphatic rings. The number of halogens is 3. The molecular formula is C14H21F3N2O3. The molecule has 1 rings (SSSR count). The number of furan rings is 1. The number of ether oxygens (including phenoxy) is 1. The van der Waals surface area contributed by atoms with Crippen LogP contribution in [0.2, 0.25) is 0 Å². The van der Waals surface area contributed by atoms with Crippen LogP contribution in [0.3, 0.4) is 0 Å². The second kappa shape index (κ2) is 8.79. The van der Waals surface area contributed by atoms with Crippen LogP contribution in [0.25, 0.3) is 0 Å². The Morgan fingerprint density at radius 1 is 1.41 bits per heavy atom. The van der Waals surface area contributed by atoms with E-state index in [2.05, 4.69) is 0 Å². The van der Waals surface area contributed by atoms with Gasteiger partial charge in [0.15, 0.2) is 0 Å². The van der Waals surface area contributed by atoms with Gasteiger partial charge in [-0.2, -0.15) is 13.2 Å². The lowest BCUT2D eigenvalue weighted by molar-refractivity contribution is -0.163. The van der Waals surface area contributed by atoms with Crippen LogP contribution in [0.5, 0.6) is 0 Å². The second-order valence-electron chi connectivity index (χ2n) is 5.03. The third-order valence-corrected chi connectivity index (χ3v) is 2.94. The van der Waals surface area contributed by atoms with Crippen molar-refractivity contribution in [3.63, 3.8) is 0 Å². The number of rotatable bonds is 9. The SMILES string of the molecule is COCCCN(C)CC(=O)N(Cc1ccco1)CC(F)(F)F. The monoisotopic (exact) mass is 322 g/mol. The number of alkyl halides is 3. The molecule has 5 nitrogen and oxygen atoms in total. The van der Waals surface area contributed by atoms with E-state index >= 15 is 0 Å². The lowest BCUT2D eigenvalue weighted by atomic mass is 10.3. The maximum Gasteiger partial charge on any atom is 0.406 e. The third-order valence-electron chi connectivity index (χ3n) is 2.94. The zero-order valence-electron chi connectivity index (χ0n) is 12.7. The molecule has 0 saturated heterocycles. The summed E-state index contributed by atoms with van der Waals surface area (Å²) in [5.74, 6) is -0.270. The summed E-state index contributed by atoms with van der Waals surface area (Å²) in [4.78, 5) is 14.5. The Morgan fingerprint density at radius 2 is 2.14 bits per heavy atom. The predicted octanol–water partition coefficient (Wildman–Crippen LogP) is 2.14. The maximum atomic E-state index is 12.6. The first kappa shape index (κ1) is 18.5. The summed E-state index contributed by atoms with van der Waals surface area (Å²) in [5.41, 5.74) is 0. The van der Waals surface area contributed by atoms with Crippen LogP contribution in [-0.4, -0.2) is 62.3 Å². The van der Waals surface area contributed by atoms with Crippen molar-refractivity contribution >= 4 is 5.91 Å². The predicted molar refractivity (Wildman–Crippen MR) is 74.2 cm³/mol. The number of likely N-dealkylation sites (N-methyl/N-ethyl adjacent to an activating group) is 1. The van der Waals surface area contributed by atoms with Crippen LogP contribution in [-0.2, 0) is 16.1 Å². The van der Waals surface area contributed by atoms with E-state index < -0.39 is 18.6 Å². The molecule has 1 heterocycles. The molecule has 0 aliphatic carbocycles. The lowest BCUT2D eigenvalue weighted by Crippen LogP contribution is -2.43. The first-order valence-corrected chi connectivity index (χ1v) is 6.86. The topological polar surface area (TPSA) is 45.9 Å². The fourth-order valence-electron chi connectivity index (χ4n) is 1.93. The van der Waals surface area contributed by atoms with Gasteiger partial charge in [-0.25, -0.2) is 0 Å². The molecular weight excluding hydrogens is 301 g/mol. The van der Waals surface area contributed by atoms with Crippen molar-refractivity contribution in [2.45, 2.75) is 19.1 Å². The molecule has 1 aromatic heterocycles. The van der Waals surface area contributed by atoms with Gasteiger partial charge >= 0.3 is 6.18 Å². The standard InChI is InChI=1S/C14H21F3N2O3/c1-18(6-4-7-21-2)10-13(20)19(11-14(15,16)17)9-12-5-3-8-22-12/h3,5,8H,4,6-7,9-11H2,1-2H3. The van der Waals surface area contributed by atoms with E-state index in [1.54, 1.807) is 31.2 Å². The molecule has 0 atom stereocenters. The smallest absolute Gasteiger partial charge is 0.406 e. The molecule has 126 valence electrons. The highest BCUT2D eigenvalue weighted by Gasteiger charge is 2.33. The fourth-order valence-corrected chi connectivity index (χ4v) is 1.93. The first-order chi connectivity index (χ1) is 10.3. The maximum absolute atomic E-state index is 12.6. The van der Waals surface area contributed by atoms with Crippen molar-refractivity contribution < 1.29 is 27.1 Å². The van der Waals surface area contributed by atoms with Crippen LogP contribution in [0.4, 0.5) is 13.2 Å². The molecule has 1 amide bonds. The lowest BCUT2D eigenvalue weighted by Gasteiger charge is -2.25. The molecule has 0 aromatic carbocycles. The summed E-state index contributed by atoms with van der Waals surface area (Å²) in [7, 11) is 3.26. The summed E-state index contributed by atoms with van der Waals surface area (Å²) >= 11 is 0. The minimum absolute atomic E-state index is 0.0828. The van der Waals surface area contributed by atoms with E-state index in [1.165, 1.54) is 6.26 Å². The molecule has 0 aliphatic heterocycles. The Balaban J connectivity index is 2.59. The van der Waals surface area contributed by atoms with Gasteiger partial charge in [-0.3, -0.25) is 9.69 Å². The highest BCUT2D eigenvalue weighted by Crippen LogP contribution is 2.18. The van der Waals surface area contributed by atoms with Gasteiger partial charge in [0.2, 0.25) is 5.91 Å². The summed E-state index contributed by atoms with van der Waals surface area (Å²) < 4.78 is 47.8. The van der Waals surface area contributed by atoms with Crippen molar-refractivity contribution in [1.29, 1.82) is 0 Å². The molecule has 0 bridgehead atoms. The summed E-state index contributed by atoms with van der Waals surface area (Å²) in [6, 6.07) is 3.11. The van der Waals surface area contributed by atoms with Crippen molar-refractivity contribution in [1.82, 2.24) is 9.80 Å². The average molecular weight is 322 g/mol. The van der Waals surface area contributed by atoms with Gasteiger partial charge in [0.05, 0.1) is 19.4 Å². The third kappa shape index (κ3) is 7.46. The number of amides is 1. The number of carbonyl (C=O) groups is 1. The van der Waals surface area contributed by atoms with E-state index in [-0.39, 0.29) is 13.1 Å². The van der Waals surface area contributed by atoms with E-state index in [1.807, 2.05) is 0 Å². The number of methoxy groups -OCH3 is 1. The van der Waals surface area contributed by atoms with Gasteiger partial charge in [-0.15, -0.1) is 0 Å². The Kier molecular flexibility index (Phi) is 7.40. The molecule has 22 heavy (non-hydrogen) atoms. The molecule has 0 fully saturated rings. The van der Waals surface area contributed by atoms with Crippen molar-refractivity contribution in [3.8, 4) is 0 Å². The summed E-state index contributed by atoms with van der Waals surface area (Å²) in [6.45, 7) is -0.465. The quantitative estimate of drug-likeness (QED) is 0.654. The summed E-state index contributed by atoms with van der Waals surface area (Å²) in [5, 5.41) is 0.